The van der Waals surface area contributed by atoms with Gasteiger partial charge in [0.05, 0.1) is 11.0 Å². The summed E-state index contributed by atoms with van der Waals surface area (Å²) >= 11 is 0. The zero-order valence-corrected chi connectivity index (χ0v) is 8.99. The lowest BCUT2D eigenvalue weighted by Crippen LogP contribution is -2.21. The maximum atomic E-state index is 11.2. The first-order valence-corrected chi connectivity index (χ1v) is 5.16. The summed E-state index contributed by atoms with van der Waals surface area (Å²) in [7, 11) is 2.91. The van der Waals surface area contributed by atoms with Gasteiger partial charge in [-0.15, -0.1) is 0 Å². The van der Waals surface area contributed by atoms with Gasteiger partial charge in [0.15, 0.2) is 0 Å². The number of rotatable bonds is 3. The van der Waals surface area contributed by atoms with E-state index in [1.54, 1.807) is 4.31 Å². The van der Waals surface area contributed by atoms with E-state index in [1.807, 2.05) is 14.1 Å². The van der Waals surface area contributed by atoms with Gasteiger partial charge >= 0.3 is 0 Å². The summed E-state index contributed by atoms with van der Waals surface area (Å²) in [5, 5.41) is 0. The van der Waals surface area contributed by atoms with Crippen molar-refractivity contribution in [2.75, 3.05) is 19.8 Å². The van der Waals surface area contributed by atoms with E-state index in [9.17, 15) is 4.21 Å². The molecule has 2 nitrogen and oxygen atoms in total. The molecule has 0 fully saturated rings. The fraction of sp³-hybridized carbons (Fsp3) is 1.00. The van der Waals surface area contributed by atoms with Crippen LogP contribution in [0.25, 0.3) is 0 Å². The second-order valence-corrected chi connectivity index (χ2v) is 5.93. The molecule has 0 radical (unpaired) electrons. The van der Waals surface area contributed by atoms with E-state index in [0.29, 0.717) is 5.41 Å². The SMILES string of the molecule is CN(C)S(=O)CCC(C)(C)C. The molecule has 0 bridgehead atoms. The van der Waals surface area contributed by atoms with Gasteiger partial charge in [-0.25, -0.2) is 8.51 Å². The zero-order valence-electron chi connectivity index (χ0n) is 8.18. The lowest BCUT2D eigenvalue weighted by molar-refractivity contribution is 0.397. The molecule has 0 N–H and O–H groups in total. The van der Waals surface area contributed by atoms with Crippen molar-refractivity contribution in [1.29, 1.82) is 0 Å². The van der Waals surface area contributed by atoms with Gasteiger partial charge in [-0.05, 0) is 25.9 Å². The molecule has 68 valence electrons. The predicted octanol–water partition coefficient (Wildman–Crippen LogP) is 1.65. The monoisotopic (exact) mass is 177 g/mol. The topological polar surface area (TPSA) is 20.3 Å². The van der Waals surface area contributed by atoms with Crippen molar-refractivity contribution in [3.63, 3.8) is 0 Å². The Bertz CT molecular complexity index is 138. The van der Waals surface area contributed by atoms with E-state index >= 15 is 0 Å². The van der Waals surface area contributed by atoms with Crippen LogP contribution in [0.15, 0.2) is 0 Å². The molecule has 0 aromatic carbocycles. The summed E-state index contributed by atoms with van der Waals surface area (Å²) < 4.78 is 13.0. The lowest BCUT2D eigenvalue weighted by Gasteiger charge is -2.18. The lowest BCUT2D eigenvalue weighted by atomic mass is 9.94. The molecular weight excluding hydrogens is 158 g/mol. The smallest absolute Gasteiger partial charge is 0.0937 e. The quantitative estimate of drug-likeness (QED) is 0.642. The first-order chi connectivity index (χ1) is 4.83. The normalized spacial score (nSPS) is 15.5. The van der Waals surface area contributed by atoms with Gasteiger partial charge in [-0.2, -0.15) is 0 Å². The van der Waals surface area contributed by atoms with Gasteiger partial charge in [0.1, 0.15) is 0 Å². The van der Waals surface area contributed by atoms with E-state index in [0.717, 1.165) is 12.2 Å². The van der Waals surface area contributed by atoms with Crippen LogP contribution in [0.1, 0.15) is 27.2 Å². The first-order valence-electron chi connectivity index (χ1n) is 3.89. The maximum Gasteiger partial charge on any atom is 0.0937 e. The number of nitrogens with zero attached hydrogens (tertiary/aromatic N) is 1. The van der Waals surface area contributed by atoms with Crippen molar-refractivity contribution in [3.8, 4) is 0 Å². The molecule has 0 saturated carbocycles. The Morgan fingerprint density at radius 3 is 2.00 bits per heavy atom. The van der Waals surface area contributed by atoms with Gasteiger partial charge < -0.3 is 0 Å². The number of hydrogen-bond donors (Lipinski definition) is 0. The first kappa shape index (κ1) is 11.1. The summed E-state index contributed by atoms with van der Waals surface area (Å²) in [4.78, 5) is 0. The molecule has 0 aliphatic carbocycles. The molecule has 0 spiro atoms. The fourth-order valence-electron chi connectivity index (χ4n) is 0.576. The van der Waals surface area contributed by atoms with Crippen LogP contribution < -0.4 is 0 Å². The highest BCUT2D eigenvalue weighted by Gasteiger charge is 2.12. The molecule has 0 aliphatic rings. The predicted molar refractivity (Wildman–Crippen MR) is 50.8 cm³/mol. The Kier molecular flexibility index (Phi) is 4.26. The molecule has 0 rings (SSSR count). The minimum atomic E-state index is -0.785. The molecule has 0 saturated heterocycles. The second-order valence-electron chi connectivity index (χ2n) is 4.15. The van der Waals surface area contributed by atoms with Gasteiger partial charge in [-0.3, -0.25) is 0 Å². The Labute approximate surface area is 72.6 Å². The van der Waals surface area contributed by atoms with Crippen LogP contribution in [0.4, 0.5) is 0 Å². The van der Waals surface area contributed by atoms with Crippen molar-refractivity contribution in [1.82, 2.24) is 4.31 Å². The minimum Gasteiger partial charge on any atom is -0.243 e. The van der Waals surface area contributed by atoms with Crippen molar-refractivity contribution >= 4 is 11.0 Å². The largest absolute Gasteiger partial charge is 0.243 e. The second kappa shape index (κ2) is 4.21. The third-order valence-electron chi connectivity index (χ3n) is 1.43. The average Bonchev–Trinajstić information content (AvgIpc) is 1.80. The Morgan fingerprint density at radius 2 is 1.73 bits per heavy atom. The molecule has 11 heavy (non-hydrogen) atoms. The molecular formula is C8H19NOS. The van der Waals surface area contributed by atoms with Crippen molar-refractivity contribution in [2.24, 2.45) is 5.41 Å². The van der Waals surface area contributed by atoms with Crippen LogP contribution in [0.5, 0.6) is 0 Å². The molecule has 0 amide bonds. The van der Waals surface area contributed by atoms with Gasteiger partial charge in [0.2, 0.25) is 0 Å². The third kappa shape index (κ3) is 6.51. The molecule has 0 aromatic heterocycles. The van der Waals surface area contributed by atoms with Gasteiger partial charge in [0, 0.05) is 5.75 Å². The molecule has 0 aliphatic heterocycles. The standard InChI is InChI=1S/C8H19NOS/c1-8(2,3)6-7-11(10)9(4)5/h6-7H2,1-5H3. The Morgan fingerprint density at radius 1 is 1.27 bits per heavy atom. The van der Waals surface area contributed by atoms with Crippen LogP contribution in [0, 0.1) is 5.41 Å². The molecule has 1 atom stereocenters. The Hall–Kier alpha value is 0.110. The highest BCUT2D eigenvalue weighted by Crippen LogP contribution is 2.18. The van der Waals surface area contributed by atoms with E-state index in [-0.39, 0.29) is 0 Å². The van der Waals surface area contributed by atoms with Crippen LogP contribution in [-0.4, -0.2) is 28.4 Å². The Balaban J connectivity index is 3.64. The molecule has 1 unspecified atom stereocenters. The molecule has 3 heteroatoms. The van der Waals surface area contributed by atoms with Crippen LogP contribution in [0.3, 0.4) is 0 Å². The molecule has 0 heterocycles. The van der Waals surface area contributed by atoms with Crippen LogP contribution in [-0.2, 0) is 11.0 Å². The van der Waals surface area contributed by atoms with Crippen LogP contribution in [0.2, 0.25) is 0 Å². The summed E-state index contributed by atoms with van der Waals surface area (Å²) in [6.45, 7) is 6.50. The van der Waals surface area contributed by atoms with E-state index < -0.39 is 11.0 Å². The van der Waals surface area contributed by atoms with E-state index in [4.69, 9.17) is 0 Å². The van der Waals surface area contributed by atoms with E-state index in [2.05, 4.69) is 20.8 Å². The van der Waals surface area contributed by atoms with Gasteiger partial charge in [-0.1, -0.05) is 20.8 Å². The minimum absolute atomic E-state index is 0.297. The van der Waals surface area contributed by atoms with E-state index in [1.165, 1.54) is 0 Å². The summed E-state index contributed by atoms with van der Waals surface area (Å²) in [6.07, 6.45) is 1.01. The number of hydrogen-bond acceptors (Lipinski definition) is 1. The fourth-order valence-corrected chi connectivity index (χ4v) is 1.73. The summed E-state index contributed by atoms with van der Waals surface area (Å²) in [5.41, 5.74) is 0.297. The molecule has 0 aromatic rings. The van der Waals surface area contributed by atoms with Gasteiger partial charge in [0.25, 0.3) is 0 Å². The highest BCUT2D eigenvalue weighted by molar-refractivity contribution is 7.82. The van der Waals surface area contributed by atoms with Crippen molar-refractivity contribution in [2.45, 2.75) is 27.2 Å². The highest BCUT2D eigenvalue weighted by atomic mass is 32.2. The van der Waals surface area contributed by atoms with Crippen molar-refractivity contribution in [3.05, 3.63) is 0 Å². The maximum absolute atomic E-state index is 11.2. The third-order valence-corrected chi connectivity index (χ3v) is 2.80. The summed E-state index contributed by atoms with van der Waals surface area (Å²) in [6, 6.07) is 0. The summed E-state index contributed by atoms with van der Waals surface area (Å²) in [5.74, 6) is 0.774. The van der Waals surface area contributed by atoms with Crippen molar-refractivity contribution < 1.29 is 4.21 Å². The zero-order chi connectivity index (χ0) is 9.07. The van der Waals surface area contributed by atoms with Crippen LogP contribution >= 0.6 is 0 Å². The average molecular weight is 177 g/mol.